The van der Waals surface area contributed by atoms with Crippen LogP contribution < -0.4 is 5.32 Å². The Labute approximate surface area is 78.1 Å². The molecule has 0 saturated carbocycles. The zero-order chi connectivity index (χ0) is 8.81. The zero-order valence-electron chi connectivity index (χ0n) is 7.45. The van der Waals surface area contributed by atoms with E-state index in [0.717, 1.165) is 13.0 Å². The maximum absolute atomic E-state index is 9.46. The average Bonchev–Trinajstić information content (AvgIpc) is 2.53. The largest absolute Gasteiger partial charge is 0.391 e. The second-order valence-corrected chi connectivity index (χ2v) is 3.70. The normalized spacial score (nSPS) is 26.0. The van der Waals surface area contributed by atoms with Crippen molar-refractivity contribution in [2.24, 2.45) is 0 Å². The Morgan fingerprint density at radius 1 is 1.75 bits per heavy atom. The molecular formula is C8H17NO2S. The molecule has 0 spiro atoms. The van der Waals surface area contributed by atoms with Crippen LogP contribution in [0, 0.1) is 0 Å². The van der Waals surface area contributed by atoms with E-state index < -0.39 is 0 Å². The number of rotatable bonds is 5. The Morgan fingerprint density at radius 2 is 2.58 bits per heavy atom. The van der Waals surface area contributed by atoms with Gasteiger partial charge in [-0.15, -0.1) is 0 Å². The van der Waals surface area contributed by atoms with Crippen LogP contribution in [-0.4, -0.2) is 36.7 Å². The first kappa shape index (κ1) is 10.3. The smallest absolute Gasteiger partial charge is 0.0873 e. The molecule has 1 unspecified atom stereocenters. The van der Waals surface area contributed by atoms with Gasteiger partial charge in [0.2, 0.25) is 0 Å². The van der Waals surface area contributed by atoms with E-state index in [2.05, 4.69) is 5.32 Å². The van der Waals surface area contributed by atoms with E-state index in [1.807, 2.05) is 6.26 Å². The van der Waals surface area contributed by atoms with E-state index in [1.165, 1.54) is 24.9 Å². The van der Waals surface area contributed by atoms with Gasteiger partial charge < -0.3 is 14.6 Å². The third kappa shape index (κ3) is 3.76. The second-order valence-electron chi connectivity index (χ2n) is 3.13. The van der Waals surface area contributed by atoms with Gasteiger partial charge in [-0.3, -0.25) is 0 Å². The molecule has 0 aliphatic carbocycles. The molecule has 4 heteroatoms. The van der Waals surface area contributed by atoms with Crippen molar-refractivity contribution in [3.63, 3.8) is 0 Å². The summed E-state index contributed by atoms with van der Waals surface area (Å²) < 4.78 is 5.04. The zero-order valence-corrected chi connectivity index (χ0v) is 8.27. The van der Waals surface area contributed by atoms with Crippen molar-refractivity contribution in [1.82, 2.24) is 5.32 Å². The molecule has 1 heterocycles. The summed E-state index contributed by atoms with van der Waals surface area (Å²) in [5, 5.41) is 12.8. The predicted molar refractivity (Wildman–Crippen MR) is 51.1 cm³/mol. The molecule has 1 aliphatic heterocycles. The topological polar surface area (TPSA) is 41.5 Å². The van der Waals surface area contributed by atoms with Crippen LogP contribution >= 0.6 is 12.0 Å². The monoisotopic (exact) mass is 191 g/mol. The standard InChI is InChI=1S/C8H17NO2S/c1-12-11-6-8(10)5-7-3-2-4-9-7/h7-10H,2-6H2,1H3/t7?,8-/m0/s1. The van der Waals surface area contributed by atoms with Gasteiger partial charge in [0.25, 0.3) is 0 Å². The van der Waals surface area contributed by atoms with E-state index in [0.29, 0.717) is 12.6 Å². The summed E-state index contributed by atoms with van der Waals surface area (Å²) in [6.45, 7) is 1.54. The van der Waals surface area contributed by atoms with Crippen LogP contribution in [0.25, 0.3) is 0 Å². The van der Waals surface area contributed by atoms with Crippen molar-refractivity contribution >= 4 is 12.0 Å². The average molecular weight is 191 g/mol. The molecule has 0 aromatic heterocycles. The fourth-order valence-electron chi connectivity index (χ4n) is 1.50. The molecule has 1 fully saturated rings. The molecule has 72 valence electrons. The SMILES string of the molecule is CSOC[C@@H](O)CC1CCCN1. The third-order valence-electron chi connectivity index (χ3n) is 2.10. The maximum atomic E-state index is 9.46. The minimum atomic E-state index is -0.312. The lowest BCUT2D eigenvalue weighted by Gasteiger charge is -2.14. The maximum Gasteiger partial charge on any atom is 0.0873 e. The van der Waals surface area contributed by atoms with Crippen LogP contribution in [-0.2, 0) is 4.18 Å². The molecule has 1 saturated heterocycles. The van der Waals surface area contributed by atoms with Crippen molar-refractivity contribution in [3.8, 4) is 0 Å². The lowest BCUT2D eigenvalue weighted by molar-refractivity contribution is 0.102. The van der Waals surface area contributed by atoms with E-state index in [9.17, 15) is 5.11 Å². The van der Waals surface area contributed by atoms with Crippen LogP contribution in [0.5, 0.6) is 0 Å². The van der Waals surface area contributed by atoms with Gasteiger partial charge in [-0.25, -0.2) is 0 Å². The molecule has 0 amide bonds. The van der Waals surface area contributed by atoms with Crippen LogP contribution in [0.2, 0.25) is 0 Å². The number of hydrogen-bond donors (Lipinski definition) is 2. The van der Waals surface area contributed by atoms with Crippen LogP contribution in [0.1, 0.15) is 19.3 Å². The molecule has 1 aliphatic rings. The number of nitrogens with one attached hydrogen (secondary N) is 1. The fourth-order valence-corrected chi connectivity index (χ4v) is 1.79. The molecule has 2 atom stereocenters. The Morgan fingerprint density at radius 3 is 3.17 bits per heavy atom. The van der Waals surface area contributed by atoms with E-state index in [-0.39, 0.29) is 6.10 Å². The van der Waals surface area contributed by atoms with Gasteiger partial charge in [-0.1, -0.05) is 0 Å². The highest BCUT2D eigenvalue weighted by Crippen LogP contribution is 2.11. The molecule has 0 bridgehead atoms. The minimum absolute atomic E-state index is 0.312. The van der Waals surface area contributed by atoms with E-state index >= 15 is 0 Å². The first-order valence-electron chi connectivity index (χ1n) is 4.40. The van der Waals surface area contributed by atoms with Gasteiger partial charge in [0, 0.05) is 12.3 Å². The highest BCUT2D eigenvalue weighted by Gasteiger charge is 2.17. The molecule has 12 heavy (non-hydrogen) atoms. The van der Waals surface area contributed by atoms with Gasteiger partial charge in [0.15, 0.2) is 0 Å². The molecule has 2 N–H and O–H groups in total. The third-order valence-corrected chi connectivity index (χ3v) is 2.47. The van der Waals surface area contributed by atoms with Gasteiger partial charge in [-0.05, 0) is 37.8 Å². The van der Waals surface area contributed by atoms with Gasteiger partial charge in [0.05, 0.1) is 12.7 Å². The van der Waals surface area contributed by atoms with Crippen molar-refractivity contribution in [2.75, 3.05) is 19.4 Å². The van der Waals surface area contributed by atoms with Crippen molar-refractivity contribution in [3.05, 3.63) is 0 Å². The van der Waals surface area contributed by atoms with Crippen molar-refractivity contribution < 1.29 is 9.29 Å². The summed E-state index contributed by atoms with van der Waals surface area (Å²) in [5.41, 5.74) is 0. The summed E-state index contributed by atoms with van der Waals surface area (Å²) in [7, 11) is 0. The minimum Gasteiger partial charge on any atom is -0.391 e. The second kappa shape index (κ2) is 5.80. The van der Waals surface area contributed by atoms with Gasteiger partial charge >= 0.3 is 0 Å². The van der Waals surface area contributed by atoms with E-state index in [1.54, 1.807) is 0 Å². The Bertz CT molecular complexity index is 118. The van der Waals surface area contributed by atoms with Crippen LogP contribution in [0.4, 0.5) is 0 Å². The molecule has 0 aromatic carbocycles. The highest BCUT2D eigenvalue weighted by atomic mass is 32.2. The van der Waals surface area contributed by atoms with Crippen LogP contribution in [0.3, 0.4) is 0 Å². The predicted octanol–water partition coefficient (Wildman–Crippen LogP) is 0.784. The molecular weight excluding hydrogens is 174 g/mol. The quantitative estimate of drug-likeness (QED) is 0.630. The van der Waals surface area contributed by atoms with Gasteiger partial charge in [0.1, 0.15) is 0 Å². The summed E-state index contributed by atoms with van der Waals surface area (Å²) >= 11 is 1.31. The summed E-state index contributed by atoms with van der Waals surface area (Å²) in [4.78, 5) is 0. The highest BCUT2D eigenvalue weighted by molar-refractivity contribution is 7.93. The summed E-state index contributed by atoms with van der Waals surface area (Å²) in [6.07, 6.45) is 4.80. The van der Waals surface area contributed by atoms with Crippen molar-refractivity contribution in [1.29, 1.82) is 0 Å². The Kier molecular flexibility index (Phi) is 4.99. The molecule has 0 aromatic rings. The van der Waals surface area contributed by atoms with E-state index in [4.69, 9.17) is 4.18 Å². The number of aliphatic hydroxyl groups is 1. The first-order valence-corrected chi connectivity index (χ1v) is 5.55. The summed E-state index contributed by atoms with van der Waals surface area (Å²) in [5.74, 6) is 0. The summed E-state index contributed by atoms with van der Waals surface area (Å²) in [6, 6.07) is 0.505. The van der Waals surface area contributed by atoms with Crippen LogP contribution in [0.15, 0.2) is 0 Å². The molecule has 1 rings (SSSR count). The lowest BCUT2D eigenvalue weighted by Crippen LogP contribution is -2.28. The lowest BCUT2D eigenvalue weighted by atomic mass is 10.1. The number of hydrogen-bond acceptors (Lipinski definition) is 4. The Balaban J connectivity index is 2.03. The number of aliphatic hydroxyl groups excluding tert-OH is 1. The van der Waals surface area contributed by atoms with Crippen molar-refractivity contribution in [2.45, 2.75) is 31.4 Å². The fraction of sp³-hybridized carbons (Fsp3) is 1.00. The molecule has 3 nitrogen and oxygen atoms in total. The Hall–Kier alpha value is 0.230. The van der Waals surface area contributed by atoms with Gasteiger partial charge in [-0.2, -0.15) is 0 Å². The first-order chi connectivity index (χ1) is 5.83. The molecule has 0 radical (unpaired) electrons.